The maximum absolute atomic E-state index is 14.5. The van der Waals surface area contributed by atoms with Gasteiger partial charge < -0.3 is 9.72 Å². The summed E-state index contributed by atoms with van der Waals surface area (Å²) in [6.45, 7) is 2.33. The van der Waals surface area contributed by atoms with Crippen LogP contribution in [0.2, 0.25) is 0 Å². The second-order valence-corrected chi connectivity index (χ2v) is 7.20. The summed E-state index contributed by atoms with van der Waals surface area (Å²) in [5.41, 5.74) is -1.70. The molecule has 0 spiro atoms. The maximum Gasteiger partial charge on any atom is 0.417 e. The monoisotopic (exact) mass is 416 g/mol. The number of H-pyrrole nitrogens is 1. The fraction of sp³-hybridized carbons (Fsp3) is 0.294. The first-order valence-electron chi connectivity index (χ1n) is 8.24. The van der Waals surface area contributed by atoms with E-state index in [4.69, 9.17) is 4.74 Å². The number of hydrogen-bond donors (Lipinski definition) is 1. The fourth-order valence-electron chi connectivity index (χ4n) is 2.96. The van der Waals surface area contributed by atoms with Gasteiger partial charge in [-0.2, -0.15) is 13.2 Å². The summed E-state index contributed by atoms with van der Waals surface area (Å²) in [4.78, 5) is 10.2. The number of benzene rings is 1. The van der Waals surface area contributed by atoms with Gasteiger partial charge in [0.05, 0.1) is 41.7 Å². The minimum absolute atomic E-state index is 0.0188. The van der Waals surface area contributed by atoms with Gasteiger partial charge in [0.1, 0.15) is 5.82 Å². The Morgan fingerprint density at radius 2 is 1.75 bits per heavy atom. The van der Waals surface area contributed by atoms with Crippen molar-refractivity contribution in [2.75, 3.05) is 26.3 Å². The lowest BCUT2D eigenvalue weighted by Crippen LogP contribution is -2.30. The highest BCUT2D eigenvalue weighted by Gasteiger charge is 2.37. The fourth-order valence-corrected chi connectivity index (χ4v) is 3.89. The van der Waals surface area contributed by atoms with E-state index < -0.39 is 28.9 Å². The van der Waals surface area contributed by atoms with Crippen molar-refractivity contribution in [2.45, 2.75) is 11.2 Å². The van der Waals surface area contributed by atoms with Crippen LogP contribution in [0, 0.1) is 11.6 Å². The summed E-state index contributed by atoms with van der Waals surface area (Å²) in [6, 6.07) is 1.83. The highest BCUT2D eigenvalue weighted by molar-refractivity contribution is 7.97. The molecule has 1 fully saturated rings. The third kappa shape index (κ3) is 3.69. The molecule has 0 atom stereocenters. The van der Waals surface area contributed by atoms with E-state index in [1.54, 1.807) is 0 Å². The maximum atomic E-state index is 14.5. The number of hydrogen-bond acceptors (Lipinski definition) is 5. The largest absolute Gasteiger partial charge is 0.417 e. The van der Waals surface area contributed by atoms with Crippen molar-refractivity contribution in [1.82, 2.24) is 19.3 Å². The van der Waals surface area contributed by atoms with Gasteiger partial charge in [0, 0.05) is 24.0 Å². The normalized spacial score (nSPS) is 16.0. The summed E-state index contributed by atoms with van der Waals surface area (Å²) in [7, 11) is 0. The second-order valence-electron chi connectivity index (χ2n) is 6.06. The highest BCUT2D eigenvalue weighted by Crippen LogP contribution is 2.42. The third-order valence-corrected chi connectivity index (χ3v) is 5.23. The number of ether oxygens (including phenoxy) is 1. The minimum Gasteiger partial charge on any atom is -0.379 e. The molecule has 0 radical (unpaired) electrons. The molecule has 4 rings (SSSR count). The van der Waals surface area contributed by atoms with Gasteiger partial charge in [-0.05, 0) is 24.1 Å². The second kappa shape index (κ2) is 7.30. The molecule has 28 heavy (non-hydrogen) atoms. The molecule has 1 aromatic carbocycles. The molecule has 0 unspecified atom stereocenters. The van der Waals surface area contributed by atoms with E-state index in [2.05, 4.69) is 15.0 Å². The van der Waals surface area contributed by atoms with Crippen molar-refractivity contribution in [3.05, 3.63) is 41.7 Å². The lowest BCUT2D eigenvalue weighted by atomic mass is 10.0. The van der Waals surface area contributed by atoms with Crippen molar-refractivity contribution in [3.8, 4) is 11.4 Å². The minimum atomic E-state index is -4.84. The molecule has 11 heteroatoms. The summed E-state index contributed by atoms with van der Waals surface area (Å²) in [5.74, 6) is -2.16. The molecular formula is C17H13F5N4OS. The number of aromatic nitrogens is 3. The molecule has 0 amide bonds. The molecule has 148 valence electrons. The Labute approximate surface area is 160 Å². The van der Waals surface area contributed by atoms with Crippen LogP contribution in [-0.4, -0.2) is 45.6 Å². The molecule has 1 N–H and O–H groups in total. The first kappa shape index (κ1) is 19.1. The Morgan fingerprint density at radius 1 is 1.07 bits per heavy atom. The van der Waals surface area contributed by atoms with Crippen molar-refractivity contribution in [2.24, 2.45) is 0 Å². The van der Waals surface area contributed by atoms with Crippen LogP contribution in [0.25, 0.3) is 22.3 Å². The average Bonchev–Trinajstić information content (AvgIpc) is 3.07. The van der Waals surface area contributed by atoms with Crippen LogP contribution in [0.3, 0.4) is 0 Å². The third-order valence-electron chi connectivity index (χ3n) is 4.19. The van der Waals surface area contributed by atoms with E-state index in [0.717, 1.165) is 12.4 Å². The molecule has 1 saturated heterocycles. The molecule has 0 aliphatic carbocycles. The number of rotatable bonds is 3. The summed E-state index contributed by atoms with van der Waals surface area (Å²) < 4.78 is 75.5. The van der Waals surface area contributed by atoms with E-state index in [1.165, 1.54) is 18.0 Å². The Morgan fingerprint density at radius 3 is 2.39 bits per heavy atom. The molecule has 3 aromatic rings. The summed E-state index contributed by atoms with van der Waals surface area (Å²) in [6.07, 6.45) is -3.29. The van der Waals surface area contributed by atoms with Gasteiger partial charge in [0.25, 0.3) is 0 Å². The van der Waals surface area contributed by atoms with Crippen LogP contribution in [0.4, 0.5) is 22.0 Å². The number of nitrogens with zero attached hydrogens (tertiary/aromatic N) is 3. The first-order valence-corrected chi connectivity index (χ1v) is 9.01. The van der Waals surface area contributed by atoms with Gasteiger partial charge >= 0.3 is 6.18 Å². The van der Waals surface area contributed by atoms with Gasteiger partial charge in [0.2, 0.25) is 0 Å². The standard InChI is InChI=1S/C17H13F5N4OS/c18-9-7-23-16(24-8-9)14-10-5-13(28-26-1-3-27-4-2-26)25-15(10)12(19)6-11(14)17(20,21)22/h5-8,25H,1-4H2. The van der Waals surface area contributed by atoms with Crippen LogP contribution in [0.1, 0.15) is 5.56 Å². The Balaban J connectivity index is 1.87. The molecule has 0 saturated carbocycles. The summed E-state index contributed by atoms with van der Waals surface area (Å²) >= 11 is 1.27. The SMILES string of the molecule is Fc1cnc(-c2c(C(F)(F)F)cc(F)c3[nH]c(SN4CCOCC4)cc23)nc1. The Hall–Kier alpha value is -2.24. The molecule has 0 bridgehead atoms. The van der Waals surface area contributed by atoms with Crippen LogP contribution in [0.15, 0.2) is 29.6 Å². The van der Waals surface area contributed by atoms with Gasteiger partial charge in [-0.3, -0.25) is 0 Å². The number of halogens is 5. The number of alkyl halides is 3. The number of fused-ring (bicyclic) bond motifs is 1. The van der Waals surface area contributed by atoms with E-state index in [1.807, 2.05) is 4.31 Å². The lowest BCUT2D eigenvalue weighted by Gasteiger charge is -2.24. The highest BCUT2D eigenvalue weighted by atomic mass is 32.2. The van der Waals surface area contributed by atoms with E-state index in [9.17, 15) is 22.0 Å². The van der Waals surface area contributed by atoms with Crippen LogP contribution >= 0.6 is 11.9 Å². The van der Waals surface area contributed by atoms with Gasteiger partial charge in [0.15, 0.2) is 11.6 Å². The van der Waals surface area contributed by atoms with Crippen LogP contribution in [0.5, 0.6) is 0 Å². The Bertz CT molecular complexity index is 999. The number of morpholine rings is 1. The molecule has 1 aliphatic heterocycles. The number of aromatic amines is 1. The van der Waals surface area contributed by atoms with Crippen molar-refractivity contribution < 1.29 is 26.7 Å². The predicted molar refractivity (Wildman–Crippen MR) is 92.5 cm³/mol. The zero-order valence-electron chi connectivity index (χ0n) is 14.2. The lowest BCUT2D eigenvalue weighted by molar-refractivity contribution is -0.137. The molecule has 3 heterocycles. The van der Waals surface area contributed by atoms with Crippen molar-refractivity contribution in [3.63, 3.8) is 0 Å². The summed E-state index contributed by atoms with van der Waals surface area (Å²) in [5, 5.41) is 0.452. The van der Waals surface area contributed by atoms with E-state index in [-0.39, 0.29) is 16.7 Å². The van der Waals surface area contributed by atoms with Crippen LogP contribution < -0.4 is 0 Å². The van der Waals surface area contributed by atoms with Gasteiger partial charge in [-0.25, -0.2) is 23.1 Å². The van der Waals surface area contributed by atoms with E-state index >= 15 is 0 Å². The predicted octanol–water partition coefficient (Wildman–Crippen LogP) is 4.26. The molecule has 1 aliphatic rings. The van der Waals surface area contributed by atoms with Crippen molar-refractivity contribution >= 4 is 22.9 Å². The number of nitrogens with one attached hydrogen (secondary N) is 1. The van der Waals surface area contributed by atoms with Crippen molar-refractivity contribution in [1.29, 1.82) is 0 Å². The molecule has 2 aromatic heterocycles. The smallest absolute Gasteiger partial charge is 0.379 e. The zero-order valence-corrected chi connectivity index (χ0v) is 15.0. The first-order chi connectivity index (χ1) is 13.3. The topological polar surface area (TPSA) is 54.0 Å². The Kier molecular flexibility index (Phi) is 4.98. The molecular weight excluding hydrogens is 403 g/mol. The zero-order chi connectivity index (χ0) is 19.9. The average molecular weight is 416 g/mol. The molecule has 5 nitrogen and oxygen atoms in total. The van der Waals surface area contributed by atoms with Crippen LogP contribution in [-0.2, 0) is 10.9 Å². The quantitative estimate of drug-likeness (QED) is 0.511. The van der Waals surface area contributed by atoms with Gasteiger partial charge in [-0.1, -0.05) is 0 Å². The van der Waals surface area contributed by atoms with E-state index in [0.29, 0.717) is 37.4 Å². The van der Waals surface area contributed by atoms with Gasteiger partial charge in [-0.15, -0.1) is 0 Å².